The molecule has 194 valence electrons. The van der Waals surface area contributed by atoms with Gasteiger partial charge in [-0.3, -0.25) is 9.59 Å². The molecule has 0 bridgehead atoms. The van der Waals surface area contributed by atoms with E-state index in [2.05, 4.69) is 25.5 Å². The second-order valence-electron chi connectivity index (χ2n) is 10.0. The van der Waals surface area contributed by atoms with Gasteiger partial charge in [0.2, 0.25) is 5.89 Å². The molecule has 1 aromatic carbocycles. The number of ether oxygens (including phenoxy) is 1. The minimum atomic E-state index is -3.46. The van der Waals surface area contributed by atoms with Crippen LogP contribution in [0.3, 0.4) is 0 Å². The second-order valence-corrected chi connectivity index (χ2v) is 10.0. The zero-order chi connectivity index (χ0) is 25.6. The summed E-state index contributed by atoms with van der Waals surface area (Å²) in [6, 6.07) is 6.30. The van der Waals surface area contributed by atoms with E-state index in [9.17, 15) is 9.59 Å². The molecule has 2 aromatic heterocycles. The predicted molar refractivity (Wildman–Crippen MR) is 125 cm³/mol. The number of halogens is 2. The Labute approximate surface area is 210 Å². The number of alkyl halides is 2. The van der Waals surface area contributed by atoms with Gasteiger partial charge in [0, 0.05) is 56.6 Å². The maximum absolute atomic E-state index is 15.4. The Kier molecular flexibility index (Phi) is 5.87. The van der Waals surface area contributed by atoms with Crippen molar-refractivity contribution in [3.05, 3.63) is 75.6 Å². The number of H-pyrrole nitrogens is 1. The molecule has 0 aliphatic carbocycles. The van der Waals surface area contributed by atoms with Crippen LogP contribution in [-0.2, 0) is 10.7 Å². The third-order valence-electron chi connectivity index (χ3n) is 7.75. The van der Waals surface area contributed by atoms with Crippen LogP contribution in [-0.4, -0.2) is 70.4 Å². The van der Waals surface area contributed by atoms with Crippen molar-refractivity contribution in [1.29, 1.82) is 0 Å². The highest BCUT2D eigenvalue weighted by molar-refractivity contribution is 5.92. The number of benzene rings is 1. The number of hydrogen-bond acceptors (Lipinski definition) is 8. The van der Waals surface area contributed by atoms with E-state index in [0.29, 0.717) is 38.8 Å². The van der Waals surface area contributed by atoms with Gasteiger partial charge < -0.3 is 24.4 Å². The zero-order valence-corrected chi connectivity index (χ0v) is 20.0. The fraction of sp³-hybridized carbons (Fsp3) is 0.480. The summed E-state index contributed by atoms with van der Waals surface area (Å²) >= 11 is 0. The van der Waals surface area contributed by atoms with Crippen LogP contribution in [0, 0.1) is 5.41 Å². The monoisotopic (exact) mass is 512 g/mol. The minimum Gasteiger partial charge on any atom is -0.419 e. The first-order valence-corrected chi connectivity index (χ1v) is 12.3. The summed E-state index contributed by atoms with van der Waals surface area (Å²) in [5, 5.41) is 10.9. The fourth-order valence-corrected chi connectivity index (χ4v) is 5.51. The lowest BCUT2D eigenvalue weighted by molar-refractivity contribution is 0.0105. The molecule has 6 rings (SSSR count). The van der Waals surface area contributed by atoms with E-state index in [1.54, 1.807) is 17.0 Å². The molecule has 3 aliphatic rings. The average Bonchev–Trinajstić information content (AvgIpc) is 3.55. The topological polar surface area (TPSA) is 126 Å². The number of hydrogen-bond donors (Lipinski definition) is 2. The summed E-state index contributed by atoms with van der Waals surface area (Å²) in [4.78, 5) is 32.2. The molecule has 3 aliphatic heterocycles. The van der Waals surface area contributed by atoms with Gasteiger partial charge in [-0.15, -0.1) is 10.2 Å². The van der Waals surface area contributed by atoms with E-state index < -0.39 is 28.7 Å². The van der Waals surface area contributed by atoms with E-state index in [0.717, 1.165) is 24.6 Å². The largest absolute Gasteiger partial charge is 0.419 e. The number of carbonyl (C=O) groups excluding carboxylic acids is 1. The van der Waals surface area contributed by atoms with Crippen molar-refractivity contribution >= 4 is 5.91 Å². The highest BCUT2D eigenvalue weighted by Crippen LogP contribution is 2.46. The Morgan fingerprint density at radius 3 is 2.54 bits per heavy atom. The van der Waals surface area contributed by atoms with E-state index in [-0.39, 0.29) is 29.6 Å². The van der Waals surface area contributed by atoms with Gasteiger partial charge in [-0.25, -0.2) is 4.98 Å². The van der Waals surface area contributed by atoms with E-state index in [1.807, 2.05) is 0 Å². The first-order valence-electron chi connectivity index (χ1n) is 12.3. The number of aromatic nitrogens is 4. The third-order valence-corrected chi connectivity index (χ3v) is 7.75. The summed E-state index contributed by atoms with van der Waals surface area (Å²) < 4.78 is 41.7. The molecule has 0 radical (unpaired) electrons. The van der Waals surface area contributed by atoms with Crippen molar-refractivity contribution in [1.82, 2.24) is 30.4 Å². The van der Waals surface area contributed by atoms with Gasteiger partial charge in [0.1, 0.15) is 5.69 Å². The van der Waals surface area contributed by atoms with Crippen LogP contribution in [0.1, 0.15) is 58.1 Å². The average molecular weight is 513 g/mol. The molecule has 0 saturated carbocycles. The molecule has 5 heterocycles. The second kappa shape index (κ2) is 9.10. The van der Waals surface area contributed by atoms with Crippen molar-refractivity contribution in [2.45, 2.75) is 30.6 Å². The van der Waals surface area contributed by atoms with Gasteiger partial charge in [0.25, 0.3) is 17.4 Å². The molecule has 1 atom stereocenters. The molecule has 3 aromatic rings. The molecule has 2 N–H and O–H groups in total. The van der Waals surface area contributed by atoms with E-state index in [4.69, 9.17) is 9.15 Å². The minimum absolute atomic E-state index is 0.0831. The maximum Gasteiger partial charge on any atom is 0.349 e. The van der Waals surface area contributed by atoms with Crippen LogP contribution in [0.15, 0.2) is 45.9 Å². The Morgan fingerprint density at radius 2 is 1.89 bits per heavy atom. The number of amides is 1. The van der Waals surface area contributed by atoms with Crippen LogP contribution < -0.4 is 10.9 Å². The van der Waals surface area contributed by atoms with Crippen molar-refractivity contribution in [3.8, 4) is 0 Å². The molecule has 10 nitrogen and oxygen atoms in total. The van der Waals surface area contributed by atoms with Crippen LogP contribution in [0.5, 0.6) is 0 Å². The first-order chi connectivity index (χ1) is 17.9. The lowest BCUT2D eigenvalue weighted by Gasteiger charge is -2.42. The van der Waals surface area contributed by atoms with Gasteiger partial charge in [-0.2, -0.15) is 8.78 Å². The van der Waals surface area contributed by atoms with Gasteiger partial charge >= 0.3 is 5.92 Å². The predicted octanol–water partition coefficient (Wildman–Crippen LogP) is 2.02. The van der Waals surface area contributed by atoms with E-state index >= 15 is 8.78 Å². The SMILES string of the molecule is O=C(c1c[nH]c(=O)cn1)N1CC(c2nnc(C(F)(F)c3ccc(C4CCOCC4)cc3)o2)C2(CNC2)C1. The summed E-state index contributed by atoms with van der Waals surface area (Å²) in [7, 11) is 0. The lowest BCUT2D eigenvalue weighted by Crippen LogP contribution is -2.57. The highest BCUT2D eigenvalue weighted by Gasteiger charge is 2.55. The summed E-state index contributed by atoms with van der Waals surface area (Å²) in [5.41, 5.74) is 0.0900. The molecule has 1 unspecified atom stereocenters. The zero-order valence-electron chi connectivity index (χ0n) is 20.0. The normalized spacial score (nSPS) is 21.8. The molecular formula is C25H26F2N6O4. The Morgan fingerprint density at radius 1 is 1.14 bits per heavy atom. The Hall–Kier alpha value is -3.51. The van der Waals surface area contributed by atoms with E-state index in [1.165, 1.54) is 18.3 Å². The molecule has 1 amide bonds. The number of rotatable bonds is 5. The Balaban J connectivity index is 1.21. The number of nitrogens with one attached hydrogen (secondary N) is 2. The van der Waals surface area contributed by atoms with Crippen LogP contribution in [0.4, 0.5) is 8.78 Å². The Bertz CT molecular complexity index is 1330. The van der Waals surface area contributed by atoms with Gasteiger partial charge in [0.05, 0.1) is 12.1 Å². The number of nitrogens with zero attached hydrogens (tertiary/aromatic N) is 4. The first kappa shape index (κ1) is 23.9. The molecule has 12 heteroatoms. The molecule has 37 heavy (non-hydrogen) atoms. The summed E-state index contributed by atoms with van der Waals surface area (Å²) in [6.45, 7) is 3.12. The summed E-state index contributed by atoms with van der Waals surface area (Å²) in [5.74, 6) is -4.61. The van der Waals surface area contributed by atoms with Gasteiger partial charge in [-0.1, -0.05) is 24.3 Å². The van der Waals surface area contributed by atoms with Crippen molar-refractivity contribution in [2.75, 3.05) is 39.4 Å². The van der Waals surface area contributed by atoms with Crippen molar-refractivity contribution < 1.29 is 22.7 Å². The van der Waals surface area contributed by atoms with Gasteiger partial charge in [-0.05, 0) is 24.3 Å². The number of aromatic amines is 1. The van der Waals surface area contributed by atoms with Crippen molar-refractivity contribution in [3.63, 3.8) is 0 Å². The quantitative estimate of drug-likeness (QED) is 0.532. The molecule has 3 saturated heterocycles. The fourth-order valence-electron chi connectivity index (χ4n) is 5.51. The number of likely N-dealkylation sites (tertiary alicyclic amines) is 1. The standard InChI is InChI=1S/C25H26F2N6O4/c26-25(27,17-3-1-15(2-4-17)16-5-7-36-8-6-16)23-32-31-21(37-23)18-11-33(14-24(18)12-28-13-24)22(35)19-9-30-20(34)10-29-19/h1-4,9-10,16,18,28H,5-8,11-14H2,(H,30,34). The van der Waals surface area contributed by atoms with Crippen LogP contribution >= 0.6 is 0 Å². The number of carbonyl (C=O) groups is 1. The summed E-state index contributed by atoms with van der Waals surface area (Å²) in [6.07, 6.45) is 4.06. The molecular weight excluding hydrogens is 486 g/mol. The van der Waals surface area contributed by atoms with Gasteiger partial charge in [0.15, 0.2) is 0 Å². The maximum atomic E-state index is 15.4. The lowest BCUT2D eigenvalue weighted by atomic mass is 9.73. The molecule has 3 fully saturated rings. The molecule has 1 spiro atoms. The third kappa shape index (κ3) is 4.23. The van der Waals surface area contributed by atoms with Crippen LogP contribution in [0.25, 0.3) is 0 Å². The van der Waals surface area contributed by atoms with Crippen molar-refractivity contribution in [2.24, 2.45) is 5.41 Å². The highest BCUT2D eigenvalue weighted by atomic mass is 19.3. The smallest absolute Gasteiger partial charge is 0.349 e. The van der Waals surface area contributed by atoms with Crippen LogP contribution in [0.2, 0.25) is 0 Å².